The molecule has 0 spiro atoms. The SMILES string of the molecule is CCC1CCCCC1(N)CC(=O)O. The molecule has 13 heavy (non-hydrogen) atoms. The van der Waals surface area contributed by atoms with Gasteiger partial charge in [0.05, 0.1) is 6.42 Å². The minimum Gasteiger partial charge on any atom is -0.481 e. The van der Waals surface area contributed by atoms with Crippen LogP contribution in [0.2, 0.25) is 0 Å². The summed E-state index contributed by atoms with van der Waals surface area (Å²) in [6.45, 7) is 2.10. The van der Waals surface area contributed by atoms with E-state index in [-0.39, 0.29) is 6.42 Å². The Morgan fingerprint density at radius 3 is 2.85 bits per heavy atom. The molecule has 3 heteroatoms. The first kappa shape index (κ1) is 10.5. The second kappa shape index (κ2) is 4.09. The molecule has 0 saturated heterocycles. The molecular formula is C10H19NO2. The van der Waals surface area contributed by atoms with Gasteiger partial charge in [0, 0.05) is 5.54 Å². The Kier molecular flexibility index (Phi) is 3.31. The average Bonchev–Trinajstić information content (AvgIpc) is 2.03. The molecule has 1 aliphatic carbocycles. The first-order valence-corrected chi connectivity index (χ1v) is 5.09. The molecule has 3 N–H and O–H groups in total. The third-order valence-corrected chi connectivity index (χ3v) is 3.23. The fourth-order valence-electron chi connectivity index (χ4n) is 2.46. The summed E-state index contributed by atoms with van der Waals surface area (Å²) >= 11 is 0. The van der Waals surface area contributed by atoms with Crippen LogP contribution in [-0.4, -0.2) is 16.6 Å². The zero-order chi connectivity index (χ0) is 9.90. The van der Waals surface area contributed by atoms with Gasteiger partial charge >= 0.3 is 5.97 Å². The van der Waals surface area contributed by atoms with Gasteiger partial charge in [-0.3, -0.25) is 4.79 Å². The molecule has 0 amide bonds. The van der Waals surface area contributed by atoms with E-state index >= 15 is 0 Å². The zero-order valence-electron chi connectivity index (χ0n) is 8.25. The van der Waals surface area contributed by atoms with Gasteiger partial charge in [0.2, 0.25) is 0 Å². The Morgan fingerprint density at radius 2 is 2.31 bits per heavy atom. The van der Waals surface area contributed by atoms with Crippen molar-refractivity contribution in [3.05, 3.63) is 0 Å². The Labute approximate surface area is 79.3 Å². The van der Waals surface area contributed by atoms with Crippen molar-refractivity contribution in [2.75, 3.05) is 0 Å². The maximum absolute atomic E-state index is 10.7. The number of hydrogen-bond donors (Lipinski definition) is 2. The minimum absolute atomic E-state index is 0.130. The molecule has 0 heterocycles. The second-order valence-corrected chi connectivity index (χ2v) is 4.15. The molecule has 0 aliphatic heterocycles. The van der Waals surface area contributed by atoms with Crippen molar-refractivity contribution >= 4 is 5.97 Å². The van der Waals surface area contributed by atoms with E-state index < -0.39 is 11.5 Å². The Balaban J connectivity index is 2.64. The highest BCUT2D eigenvalue weighted by Gasteiger charge is 2.37. The van der Waals surface area contributed by atoms with Gasteiger partial charge in [0.15, 0.2) is 0 Å². The molecule has 1 aliphatic rings. The summed E-state index contributed by atoms with van der Waals surface area (Å²) in [5, 5.41) is 8.76. The number of carboxylic acid groups (broad SMARTS) is 1. The van der Waals surface area contributed by atoms with Gasteiger partial charge in [-0.25, -0.2) is 0 Å². The lowest BCUT2D eigenvalue weighted by Gasteiger charge is -2.40. The quantitative estimate of drug-likeness (QED) is 0.704. The molecular weight excluding hydrogens is 166 g/mol. The van der Waals surface area contributed by atoms with Crippen LogP contribution in [-0.2, 0) is 4.79 Å². The van der Waals surface area contributed by atoms with E-state index in [0.29, 0.717) is 5.92 Å². The third kappa shape index (κ3) is 2.44. The first-order valence-electron chi connectivity index (χ1n) is 5.09. The molecule has 2 atom stereocenters. The Bertz CT molecular complexity index is 193. The largest absolute Gasteiger partial charge is 0.481 e. The van der Waals surface area contributed by atoms with Crippen LogP contribution >= 0.6 is 0 Å². The maximum Gasteiger partial charge on any atom is 0.305 e. The standard InChI is InChI=1S/C10H19NO2/c1-2-8-5-3-4-6-10(8,11)7-9(12)13/h8H,2-7,11H2,1H3,(H,12,13). The molecule has 2 unspecified atom stereocenters. The Hall–Kier alpha value is -0.570. The molecule has 0 aromatic carbocycles. The van der Waals surface area contributed by atoms with Crippen LogP contribution in [0, 0.1) is 5.92 Å². The number of carboxylic acids is 1. The summed E-state index contributed by atoms with van der Waals surface area (Å²) < 4.78 is 0. The van der Waals surface area contributed by atoms with Gasteiger partial charge < -0.3 is 10.8 Å². The Morgan fingerprint density at radius 1 is 1.62 bits per heavy atom. The van der Waals surface area contributed by atoms with Crippen molar-refractivity contribution in [1.82, 2.24) is 0 Å². The lowest BCUT2D eigenvalue weighted by Crippen LogP contribution is -2.50. The van der Waals surface area contributed by atoms with Crippen molar-refractivity contribution in [2.24, 2.45) is 11.7 Å². The topological polar surface area (TPSA) is 63.3 Å². The monoisotopic (exact) mass is 185 g/mol. The highest BCUT2D eigenvalue weighted by molar-refractivity contribution is 5.68. The normalized spacial score (nSPS) is 34.5. The van der Waals surface area contributed by atoms with Gasteiger partial charge in [0.25, 0.3) is 0 Å². The summed E-state index contributed by atoms with van der Waals surface area (Å²) in [5.41, 5.74) is 5.70. The number of carbonyl (C=O) groups is 1. The number of nitrogens with two attached hydrogens (primary N) is 1. The summed E-state index contributed by atoms with van der Waals surface area (Å²) in [4.78, 5) is 10.7. The highest BCUT2D eigenvalue weighted by atomic mass is 16.4. The number of rotatable bonds is 3. The number of aliphatic carboxylic acids is 1. The zero-order valence-corrected chi connectivity index (χ0v) is 8.25. The summed E-state index contributed by atoms with van der Waals surface area (Å²) in [7, 11) is 0. The molecule has 0 aromatic rings. The molecule has 76 valence electrons. The highest BCUT2D eigenvalue weighted by Crippen LogP contribution is 2.36. The average molecular weight is 185 g/mol. The molecule has 1 saturated carbocycles. The van der Waals surface area contributed by atoms with Crippen molar-refractivity contribution in [1.29, 1.82) is 0 Å². The molecule has 0 radical (unpaired) electrons. The smallest absolute Gasteiger partial charge is 0.305 e. The fraction of sp³-hybridized carbons (Fsp3) is 0.900. The van der Waals surface area contributed by atoms with E-state index in [4.69, 9.17) is 10.8 Å². The summed E-state index contributed by atoms with van der Waals surface area (Å²) in [6, 6.07) is 0. The van der Waals surface area contributed by atoms with Crippen LogP contribution in [0.1, 0.15) is 45.4 Å². The van der Waals surface area contributed by atoms with Crippen LogP contribution in [0.5, 0.6) is 0 Å². The second-order valence-electron chi connectivity index (χ2n) is 4.15. The van der Waals surface area contributed by atoms with Gasteiger partial charge in [0.1, 0.15) is 0 Å². The van der Waals surface area contributed by atoms with Gasteiger partial charge in [-0.15, -0.1) is 0 Å². The first-order chi connectivity index (χ1) is 6.08. The lowest BCUT2D eigenvalue weighted by atomic mass is 9.70. The van der Waals surface area contributed by atoms with Gasteiger partial charge in [-0.05, 0) is 18.8 Å². The fourth-order valence-corrected chi connectivity index (χ4v) is 2.46. The van der Waals surface area contributed by atoms with Gasteiger partial charge in [-0.1, -0.05) is 26.2 Å². The molecule has 1 rings (SSSR count). The van der Waals surface area contributed by atoms with E-state index in [1.807, 2.05) is 0 Å². The maximum atomic E-state index is 10.7. The van der Waals surface area contributed by atoms with E-state index in [1.54, 1.807) is 0 Å². The van der Waals surface area contributed by atoms with Crippen LogP contribution in [0.25, 0.3) is 0 Å². The van der Waals surface area contributed by atoms with Crippen LogP contribution < -0.4 is 5.73 Å². The van der Waals surface area contributed by atoms with Crippen molar-refractivity contribution in [2.45, 2.75) is 51.0 Å². The summed E-state index contributed by atoms with van der Waals surface area (Å²) in [5.74, 6) is -0.361. The third-order valence-electron chi connectivity index (χ3n) is 3.23. The number of hydrogen-bond acceptors (Lipinski definition) is 2. The molecule has 0 aromatic heterocycles. The van der Waals surface area contributed by atoms with Crippen LogP contribution in [0.15, 0.2) is 0 Å². The molecule has 0 bridgehead atoms. The van der Waals surface area contributed by atoms with Gasteiger partial charge in [-0.2, -0.15) is 0 Å². The van der Waals surface area contributed by atoms with Crippen molar-refractivity contribution in [3.8, 4) is 0 Å². The van der Waals surface area contributed by atoms with E-state index in [2.05, 4.69) is 6.92 Å². The lowest BCUT2D eigenvalue weighted by molar-refractivity contribution is -0.139. The van der Waals surface area contributed by atoms with E-state index in [9.17, 15) is 4.79 Å². The molecule has 1 fully saturated rings. The minimum atomic E-state index is -0.761. The van der Waals surface area contributed by atoms with Crippen LogP contribution in [0.3, 0.4) is 0 Å². The van der Waals surface area contributed by atoms with Crippen molar-refractivity contribution < 1.29 is 9.90 Å². The summed E-state index contributed by atoms with van der Waals surface area (Å²) in [6.07, 6.45) is 5.39. The predicted octanol–water partition coefficient (Wildman–Crippen LogP) is 1.76. The van der Waals surface area contributed by atoms with E-state index in [0.717, 1.165) is 25.7 Å². The van der Waals surface area contributed by atoms with Crippen LogP contribution in [0.4, 0.5) is 0 Å². The van der Waals surface area contributed by atoms with E-state index in [1.165, 1.54) is 6.42 Å². The molecule has 3 nitrogen and oxygen atoms in total. The predicted molar refractivity (Wildman–Crippen MR) is 51.4 cm³/mol. The van der Waals surface area contributed by atoms with Crippen molar-refractivity contribution in [3.63, 3.8) is 0 Å².